The van der Waals surface area contributed by atoms with Gasteiger partial charge in [-0.15, -0.1) is 0 Å². The minimum absolute atomic E-state index is 0.125. The SMILES string of the molecule is CC[C@H](C)[C@H](N)C(=O)N[C@@H](Cc1ccccc1)C(=O)N1C[C@H](C(=O)N[C@@H](CCC(=O)O)C(=O)N[C@@H](CCC(N)=O)C(=O)O)[C@]2(C/C=C(/C)CCC=C(C)C)c3ccccc3N[C@H]12. The molecule has 2 aromatic carbocycles. The highest BCUT2D eigenvalue weighted by molar-refractivity contribution is 5.95. The zero-order valence-corrected chi connectivity index (χ0v) is 36.3. The van der Waals surface area contributed by atoms with Gasteiger partial charge in [0.05, 0.1) is 17.4 Å². The molecule has 2 aliphatic heterocycles. The molecule has 4 rings (SSSR count). The van der Waals surface area contributed by atoms with Crippen LogP contribution in [0.2, 0.25) is 0 Å². The lowest BCUT2D eigenvalue weighted by Crippen LogP contribution is -2.57. The molecule has 0 radical (unpaired) electrons. The molecule has 5 amide bonds. The number of amides is 5. The van der Waals surface area contributed by atoms with Gasteiger partial charge in [-0.3, -0.25) is 28.8 Å². The van der Waals surface area contributed by atoms with Crippen LogP contribution in [0.4, 0.5) is 5.69 Å². The van der Waals surface area contributed by atoms with Crippen molar-refractivity contribution in [2.45, 2.75) is 128 Å². The largest absolute Gasteiger partial charge is 0.481 e. The van der Waals surface area contributed by atoms with Crippen LogP contribution in [0, 0.1) is 11.8 Å². The summed E-state index contributed by atoms with van der Waals surface area (Å²) in [6, 6.07) is 11.6. The molecule has 2 aliphatic rings. The molecular weight excluding hydrogens is 795 g/mol. The van der Waals surface area contributed by atoms with Crippen molar-refractivity contribution in [2.24, 2.45) is 23.3 Å². The Morgan fingerprint density at radius 3 is 2.13 bits per heavy atom. The molecule has 16 nitrogen and oxygen atoms in total. The molecule has 0 aromatic heterocycles. The summed E-state index contributed by atoms with van der Waals surface area (Å²) in [5, 5.41) is 30.9. The highest BCUT2D eigenvalue weighted by Crippen LogP contribution is 2.54. The van der Waals surface area contributed by atoms with E-state index in [0.717, 1.165) is 29.5 Å². The summed E-state index contributed by atoms with van der Waals surface area (Å²) in [5.74, 6) is -7.29. The Balaban J connectivity index is 1.82. The number of rotatable bonds is 23. The van der Waals surface area contributed by atoms with E-state index in [2.05, 4.69) is 33.4 Å². The Kier molecular flexibility index (Phi) is 17.4. The van der Waals surface area contributed by atoms with Crippen LogP contribution >= 0.6 is 0 Å². The number of fused-ring (bicyclic) bond motifs is 3. The number of allylic oxidation sites excluding steroid dienone is 4. The Bertz CT molecular complexity index is 2020. The third kappa shape index (κ3) is 12.3. The maximum absolute atomic E-state index is 15.2. The monoisotopic (exact) mass is 857 g/mol. The van der Waals surface area contributed by atoms with Crippen LogP contribution in [0.3, 0.4) is 0 Å². The van der Waals surface area contributed by atoms with E-state index in [1.807, 2.05) is 89.2 Å². The molecule has 1 saturated heterocycles. The predicted molar refractivity (Wildman–Crippen MR) is 234 cm³/mol. The number of benzene rings is 2. The third-order valence-corrected chi connectivity index (χ3v) is 12.0. The molecule has 336 valence electrons. The maximum Gasteiger partial charge on any atom is 0.326 e. The van der Waals surface area contributed by atoms with E-state index in [9.17, 15) is 39.0 Å². The maximum atomic E-state index is 15.2. The van der Waals surface area contributed by atoms with Crippen molar-refractivity contribution in [3.8, 4) is 0 Å². The molecule has 0 aliphatic carbocycles. The number of hydrogen-bond acceptors (Lipinski definition) is 9. The summed E-state index contributed by atoms with van der Waals surface area (Å²) < 4.78 is 0. The van der Waals surface area contributed by atoms with Gasteiger partial charge in [0.2, 0.25) is 29.5 Å². The second-order valence-corrected chi connectivity index (χ2v) is 16.8. The van der Waals surface area contributed by atoms with Gasteiger partial charge in [-0.25, -0.2) is 4.79 Å². The molecule has 2 aromatic rings. The summed E-state index contributed by atoms with van der Waals surface area (Å²) in [5.41, 5.74) is 14.9. The fourth-order valence-corrected chi connectivity index (χ4v) is 8.22. The summed E-state index contributed by atoms with van der Waals surface area (Å²) in [6.07, 6.45) is 4.34. The predicted octanol–water partition coefficient (Wildman–Crippen LogP) is 3.50. The molecule has 62 heavy (non-hydrogen) atoms. The van der Waals surface area contributed by atoms with Gasteiger partial charge in [0.1, 0.15) is 24.3 Å². The number of para-hydroxylation sites is 1. The zero-order chi connectivity index (χ0) is 45.7. The van der Waals surface area contributed by atoms with Gasteiger partial charge in [0.15, 0.2) is 0 Å². The fraction of sp³-hybridized carbons (Fsp3) is 0.500. The average Bonchev–Trinajstić information content (AvgIpc) is 3.73. The van der Waals surface area contributed by atoms with Crippen molar-refractivity contribution < 1.29 is 43.8 Å². The summed E-state index contributed by atoms with van der Waals surface area (Å²) in [7, 11) is 0. The van der Waals surface area contributed by atoms with E-state index >= 15 is 4.79 Å². The highest BCUT2D eigenvalue weighted by atomic mass is 16.4. The number of aliphatic carboxylic acids is 2. The number of nitrogens with two attached hydrogens (primary N) is 2. The Hall–Kier alpha value is -6.03. The molecule has 10 N–H and O–H groups in total. The number of carboxylic acid groups (broad SMARTS) is 2. The number of carbonyl (C=O) groups excluding carboxylic acids is 5. The van der Waals surface area contributed by atoms with Gasteiger partial charge in [-0.05, 0) is 76.0 Å². The lowest BCUT2D eigenvalue weighted by Gasteiger charge is -2.36. The number of primary amides is 1. The van der Waals surface area contributed by atoms with Crippen molar-refractivity contribution in [3.05, 3.63) is 89.0 Å². The minimum atomic E-state index is -1.55. The number of hydrogen-bond donors (Lipinski definition) is 8. The van der Waals surface area contributed by atoms with Crippen LogP contribution in [-0.2, 0) is 45.4 Å². The molecule has 0 saturated carbocycles. The van der Waals surface area contributed by atoms with E-state index in [4.69, 9.17) is 11.5 Å². The van der Waals surface area contributed by atoms with Crippen molar-refractivity contribution in [1.82, 2.24) is 20.9 Å². The molecule has 8 atom stereocenters. The minimum Gasteiger partial charge on any atom is -0.481 e. The normalized spacial score (nSPS) is 20.2. The van der Waals surface area contributed by atoms with Crippen molar-refractivity contribution >= 4 is 47.2 Å². The number of carbonyl (C=O) groups is 7. The van der Waals surface area contributed by atoms with Gasteiger partial charge in [0.25, 0.3) is 0 Å². The van der Waals surface area contributed by atoms with Gasteiger partial charge < -0.3 is 47.8 Å². The van der Waals surface area contributed by atoms with E-state index in [0.29, 0.717) is 12.1 Å². The van der Waals surface area contributed by atoms with E-state index in [1.165, 1.54) is 5.57 Å². The smallest absolute Gasteiger partial charge is 0.326 e. The number of nitrogens with one attached hydrogen (secondary N) is 4. The molecular formula is C46H63N7O9. The first-order chi connectivity index (χ1) is 29.4. The molecule has 0 bridgehead atoms. The lowest BCUT2D eigenvalue weighted by atomic mass is 9.69. The standard InChI is InChI=1S/C46H63N7O9/c1-6-29(5)39(48)42(59)51-36(25-30-15-8-7-9-16-30)43(60)53-26-32(40(57)49-34(20-22-38(55)56)41(58)50-35(44(61)62)19-21-37(47)54)46(24-23-28(4)14-12-13-27(2)3)31-17-10-11-18-33(31)52-45(46)53/h7-11,13,15-18,23,29,32,34-36,39,45,52H,6,12,14,19-22,24-26,48H2,1-5H3,(H2,47,54)(H,49,57)(H,50,58)(H,51,59)(H,55,56)(H,61,62)/b28-23-/t29-,32+,34-,35-,36-,39-,45+,46-/m0/s1. The van der Waals surface area contributed by atoms with Gasteiger partial charge in [-0.1, -0.05) is 92.1 Å². The summed E-state index contributed by atoms with van der Waals surface area (Å²) >= 11 is 0. The first kappa shape index (κ1) is 48.6. The topological polar surface area (TPSA) is 263 Å². The lowest BCUT2D eigenvalue weighted by molar-refractivity contribution is -0.143. The van der Waals surface area contributed by atoms with Gasteiger partial charge in [-0.2, -0.15) is 0 Å². The van der Waals surface area contributed by atoms with Crippen LogP contribution in [0.1, 0.15) is 97.1 Å². The van der Waals surface area contributed by atoms with Crippen molar-refractivity contribution in [1.29, 1.82) is 0 Å². The fourth-order valence-electron chi connectivity index (χ4n) is 8.22. The van der Waals surface area contributed by atoms with Crippen molar-refractivity contribution in [2.75, 3.05) is 11.9 Å². The van der Waals surface area contributed by atoms with Gasteiger partial charge >= 0.3 is 11.9 Å². The summed E-state index contributed by atoms with van der Waals surface area (Å²) in [4.78, 5) is 94.4. The van der Waals surface area contributed by atoms with E-state index < -0.39 is 89.6 Å². The number of carboxylic acids is 2. The second-order valence-electron chi connectivity index (χ2n) is 16.8. The number of anilines is 1. The van der Waals surface area contributed by atoms with Crippen LogP contribution in [0.15, 0.2) is 77.9 Å². The first-order valence-corrected chi connectivity index (χ1v) is 21.3. The van der Waals surface area contributed by atoms with E-state index in [-0.39, 0.29) is 44.6 Å². The molecule has 16 heteroatoms. The molecule has 0 spiro atoms. The Morgan fingerprint density at radius 2 is 1.50 bits per heavy atom. The second kappa shape index (κ2) is 22.2. The average molecular weight is 858 g/mol. The van der Waals surface area contributed by atoms with Gasteiger partial charge in [0, 0.05) is 31.5 Å². The van der Waals surface area contributed by atoms with Crippen LogP contribution in [-0.4, -0.2) is 93.5 Å². The highest BCUT2D eigenvalue weighted by Gasteiger charge is 2.63. The number of likely N-dealkylation sites (tertiary alicyclic amines) is 1. The Labute approximate surface area is 363 Å². The van der Waals surface area contributed by atoms with Crippen LogP contribution in [0.5, 0.6) is 0 Å². The Morgan fingerprint density at radius 1 is 0.855 bits per heavy atom. The van der Waals surface area contributed by atoms with Crippen LogP contribution in [0.25, 0.3) is 0 Å². The van der Waals surface area contributed by atoms with Crippen molar-refractivity contribution in [3.63, 3.8) is 0 Å². The number of nitrogens with zero attached hydrogens (tertiary/aromatic N) is 1. The quantitative estimate of drug-likeness (QED) is 0.0750. The molecule has 2 heterocycles. The first-order valence-electron chi connectivity index (χ1n) is 21.3. The third-order valence-electron chi connectivity index (χ3n) is 12.0. The van der Waals surface area contributed by atoms with Crippen LogP contribution < -0.4 is 32.7 Å². The molecule has 1 fully saturated rings. The van der Waals surface area contributed by atoms with E-state index in [1.54, 1.807) is 4.90 Å². The molecule has 0 unspecified atom stereocenters. The summed E-state index contributed by atoms with van der Waals surface area (Å²) in [6.45, 7) is 9.67. The zero-order valence-electron chi connectivity index (χ0n) is 36.3.